The summed E-state index contributed by atoms with van der Waals surface area (Å²) in [6.07, 6.45) is 2.94. The Balaban J connectivity index is 2.17. The molecule has 6 heteroatoms. The SMILES string of the molecule is OCc1cccnc1-c1cnoc1-c1ccc(F)cc1F. The quantitative estimate of drug-likeness (QED) is 0.804. The molecular formula is C15H10F2N2O2. The highest BCUT2D eigenvalue weighted by molar-refractivity contribution is 5.78. The Labute approximate surface area is 118 Å². The van der Waals surface area contributed by atoms with Crippen molar-refractivity contribution in [1.82, 2.24) is 10.1 Å². The Morgan fingerprint density at radius 3 is 2.76 bits per heavy atom. The van der Waals surface area contributed by atoms with Gasteiger partial charge in [-0.25, -0.2) is 8.78 Å². The zero-order valence-electron chi connectivity index (χ0n) is 10.8. The second kappa shape index (κ2) is 5.41. The number of pyridine rings is 1. The van der Waals surface area contributed by atoms with Gasteiger partial charge in [-0.3, -0.25) is 4.98 Å². The highest BCUT2D eigenvalue weighted by Gasteiger charge is 2.19. The average molecular weight is 288 g/mol. The molecule has 1 aromatic carbocycles. The first kappa shape index (κ1) is 13.4. The number of benzene rings is 1. The minimum atomic E-state index is -0.755. The van der Waals surface area contributed by atoms with E-state index in [0.717, 1.165) is 12.1 Å². The molecule has 0 unspecified atom stereocenters. The summed E-state index contributed by atoms with van der Waals surface area (Å²) in [6.45, 7) is -0.223. The smallest absolute Gasteiger partial charge is 0.179 e. The van der Waals surface area contributed by atoms with E-state index >= 15 is 0 Å². The van der Waals surface area contributed by atoms with E-state index in [-0.39, 0.29) is 17.9 Å². The first-order valence-corrected chi connectivity index (χ1v) is 6.16. The van der Waals surface area contributed by atoms with Crippen molar-refractivity contribution in [3.8, 4) is 22.6 Å². The number of halogens is 2. The van der Waals surface area contributed by atoms with Crippen LogP contribution in [0.25, 0.3) is 22.6 Å². The summed E-state index contributed by atoms with van der Waals surface area (Å²) in [5.41, 5.74) is 1.52. The number of rotatable bonds is 3. The third kappa shape index (κ3) is 2.41. The summed E-state index contributed by atoms with van der Waals surface area (Å²) in [4.78, 5) is 4.17. The first-order valence-electron chi connectivity index (χ1n) is 6.16. The van der Waals surface area contributed by atoms with Gasteiger partial charge < -0.3 is 9.63 Å². The predicted molar refractivity (Wildman–Crippen MR) is 71.0 cm³/mol. The lowest BCUT2D eigenvalue weighted by molar-refractivity contribution is 0.282. The van der Waals surface area contributed by atoms with Gasteiger partial charge in [-0.15, -0.1) is 0 Å². The molecule has 2 heterocycles. The van der Waals surface area contributed by atoms with Gasteiger partial charge in [0, 0.05) is 17.8 Å². The molecule has 0 fully saturated rings. The third-order valence-corrected chi connectivity index (χ3v) is 3.06. The lowest BCUT2D eigenvalue weighted by atomic mass is 10.0. The molecular weight excluding hydrogens is 278 g/mol. The number of aliphatic hydroxyl groups is 1. The van der Waals surface area contributed by atoms with E-state index in [4.69, 9.17) is 4.52 Å². The van der Waals surface area contributed by atoms with Crippen LogP contribution in [0, 0.1) is 11.6 Å². The van der Waals surface area contributed by atoms with Crippen LogP contribution in [0.3, 0.4) is 0 Å². The molecule has 3 rings (SSSR count). The van der Waals surface area contributed by atoms with Crippen molar-refractivity contribution in [2.75, 3.05) is 0 Å². The lowest BCUT2D eigenvalue weighted by Crippen LogP contribution is -1.93. The van der Waals surface area contributed by atoms with Crippen molar-refractivity contribution in [3.05, 3.63) is 59.9 Å². The zero-order chi connectivity index (χ0) is 14.8. The molecule has 2 aromatic heterocycles. The van der Waals surface area contributed by atoms with Crippen LogP contribution in [0.15, 0.2) is 47.2 Å². The van der Waals surface area contributed by atoms with Crippen LogP contribution in [0.2, 0.25) is 0 Å². The van der Waals surface area contributed by atoms with E-state index in [9.17, 15) is 13.9 Å². The fourth-order valence-corrected chi connectivity index (χ4v) is 2.08. The van der Waals surface area contributed by atoms with Crippen molar-refractivity contribution in [2.45, 2.75) is 6.61 Å². The van der Waals surface area contributed by atoms with Gasteiger partial charge in [-0.2, -0.15) is 0 Å². The van der Waals surface area contributed by atoms with Gasteiger partial charge in [0.25, 0.3) is 0 Å². The Morgan fingerprint density at radius 1 is 1.14 bits per heavy atom. The van der Waals surface area contributed by atoms with Gasteiger partial charge in [0.15, 0.2) is 5.76 Å². The fraction of sp³-hybridized carbons (Fsp3) is 0.0667. The summed E-state index contributed by atoms with van der Waals surface area (Å²) in [6, 6.07) is 6.56. The molecule has 0 saturated carbocycles. The molecule has 1 N–H and O–H groups in total. The maximum Gasteiger partial charge on any atom is 0.179 e. The number of aromatic nitrogens is 2. The van der Waals surface area contributed by atoms with Crippen LogP contribution in [0.5, 0.6) is 0 Å². The normalized spacial score (nSPS) is 10.8. The minimum Gasteiger partial charge on any atom is -0.392 e. The maximum absolute atomic E-state index is 13.9. The van der Waals surface area contributed by atoms with E-state index in [0.29, 0.717) is 16.8 Å². The predicted octanol–water partition coefficient (Wildman–Crippen LogP) is 3.17. The molecule has 0 spiro atoms. The second-order valence-corrected chi connectivity index (χ2v) is 4.36. The van der Waals surface area contributed by atoms with E-state index in [1.54, 1.807) is 18.3 Å². The van der Waals surface area contributed by atoms with Crippen LogP contribution in [0.4, 0.5) is 8.78 Å². The molecule has 0 radical (unpaired) electrons. The molecule has 0 amide bonds. The highest BCUT2D eigenvalue weighted by Crippen LogP contribution is 2.34. The minimum absolute atomic E-state index is 0.0819. The van der Waals surface area contributed by atoms with E-state index < -0.39 is 11.6 Å². The molecule has 0 aliphatic heterocycles. The molecule has 21 heavy (non-hydrogen) atoms. The Hall–Kier alpha value is -2.60. The monoisotopic (exact) mass is 288 g/mol. The van der Waals surface area contributed by atoms with Gasteiger partial charge >= 0.3 is 0 Å². The van der Waals surface area contributed by atoms with Crippen molar-refractivity contribution in [1.29, 1.82) is 0 Å². The number of nitrogens with zero attached hydrogens (tertiary/aromatic N) is 2. The van der Waals surface area contributed by atoms with Crippen molar-refractivity contribution < 1.29 is 18.4 Å². The summed E-state index contributed by atoms with van der Waals surface area (Å²) < 4.78 is 32.0. The molecule has 3 aromatic rings. The number of hydrogen-bond acceptors (Lipinski definition) is 4. The summed E-state index contributed by atoms with van der Waals surface area (Å²) in [7, 11) is 0. The first-order chi connectivity index (χ1) is 10.2. The number of aliphatic hydroxyl groups excluding tert-OH is 1. The van der Waals surface area contributed by atoms with Crippen LogP contribution in [-0.4, -0.2) is 15.2 Å². The molecule has 106 valence electrons. The van der Waals surface area contributed by atoms with Crippen LogP contribution >= 0.6 is 0 Å². The molecule has 0 aliphatic carbocycles. The van der Waals surface area contributed by atoms with Gasteiger partial charge in [-0.1, -0.05) is 11.2 Å². The topological polar surface area (TPSA) is 59.2 Å². The van der Waals surface area contributed by atoms with Crippen LogP contribution in [-0.2, 0) is 6.61 Å². The van der Waals surface area contributed by atoms with Crippen molar-refractivity contribution in [3.63, 3.8) is 0 Å². The van der Waals surface area contributed by atoms with E-state index in [2.05, 4.69) is 10.1 Å². The van der Waals surface area contributed by atoms with Gasteiger partial charge in [0.1, 0.15) is 11.6 Å². The van der Waals surface area contributed by atoms with Gasteiger partial charge in [0.05, 0.1) is 29.6 Å². The van der Waals surface area contributed by atoms with Crippen molar-refractivity contribution >= 4 is 0 Å². The van der Waals surface area contributed by atoms with Crippen LogP contribution < -0.4 is 0 Å². The molecule has 0 atom stereocenters. The van der Waals surface area contributed by atoms with Gasteiger partial charge in [-0.05, 0) is 18.2 Å². The molecule has 4 nitrogen and oxygen atoms in total. The Bertz CT molecular complexity index is 787. The van der Waals surface area contributed by atoms with E-state index in [1.165, 1.54) is 12.3 Å². The van der Waals surface area contributed by atoms with Gasteiger partial charge in [0.2, 0.25) is 0 Å². The Kier molecular flexibility index (Phi) is 3.45. The third-order valence-electron chi connectivity index (χ3n) is 3.06. The zero-order valence-corrected chi connectivity index (χ0v) is 10.8. The summed E-state index contributed by atoms with van der Waals surface area (Å²) in [5.74, 6) is -1.29. The summed E-state index contributed by atoms with van der Waals surface area (Å²) >= 11 is 0. The molecule has 0 aliphatic rings. The molecule has 0 bridgehead atoms. The standard InChI is InChI=1S/C15H10F2N2O2/c16-10-3-4-11(13(17)6-10)15-12(7-19-21-15)14-9(8-20)2-1-5-18-14/h1-7,20H,8H2. The van der Waals surface area contributed by atoms with E-state index in [1.807, 2.05) is 0 Å². The summed E-state index contributed by atoms with van der Waals surface area (Å²) in [5, 5.41) is 13.0. The highest BCUT2D eigenvalue weighted by atomic mass is 19.1. The largest absolute Gasteiger partial charge is 0.392 e. The number of hydrogen-bond donors (Lipinski definition) is 1. The van der Waals surface area contributed by atoms with Crippen molar-refractivity contribution in [2.24, 2.45) is 0 Å². The maximum atomic E-state index is 13.9. The fourth-order valence-electron chi connectivity index (χ4n) is 2.08. The van der Waals surface area contributed by atoms with Crippen LogP contribution in [0.1, 0.15) is 5.56 Å². The second-order valence-electron chi connectivity index (χ2n) is 4.36. The lowest BCUT2D eigenvalue weighted by Gasteiger charge is -2.06. The average Bonchev–Trinajstić information content (AvgIpc) is 2.96. The molecule has 0 saturated heterocycles. The Morgan fingerprint density at radius 2 is 2.00 bits per heavy atom.